The molecule has 2 heterocycles. The smallest absolute Gasteiger partial charge is 0.317 e. The Morgan fingerprint density at radius 3 is 2.27 bits per heavy atom. The lowest BCUT2D eigenvalue weighted by Crippen LogP contribution is -2.61. The number of nitrogens with zero attached hydrogens (tertiary/aromatic N) is 1. The Kier molecular flexibility index (Phi) is 5.04. The molecule has 2 aromatic carbocycles. The Morgan fingerprint density at radius 1 is 1.03 bits per heavy atom. The average Bonchev–Trinajstić information content (AvgIpc) is 3.00. The number of piperidine rings is 1. The van der Waals surface area contributed by atoms with Crippen LogP contribution >= 0.6 is 0 Å². The van der Waals surface area contributed by atoms with Gasteiger partial charge in [0.05, 0.1) is 11.7 Å². The molecular formula is C22H26N3O4S+. The van der Waals surface area contributed by atoms with Crippen molar-refractivity contribution in [1.29, 1.82) is 0 Å². The minimum absolute atomic E-state index is 0.0752. The molecule has 1 fully saturated rings. The van der Waals surface area contributed by atoms with Crippen LogP contribution in [0.2, 0.25) is 0 Å². The molecule has 2 amide bonds. The van der Waals surface area contributed by atoms with Gasteiger partial charge in [-0.05, 0) is 57.1 Å². The molecule has 1 unspecified atom stereocenters. The van der Waals surface area contributed by atoms with Crippen LogP contribution in [0.3, 0.4) is 0 Å². The predicted molar refractivity (Wildman–Crippen MR) is 117 cm³/mol. The van der Waals surface area contributed by atoms with Gasteiger partial charge < -0.3 is 5.32 Å². The highest BCUT2D eigenvalue weighted by atomic mass is 32.2. The van der Waals surface area contributed by atoms with Crippen molar-refractivity contribution >= 4 is 33.2 Å². The number of carbonyl (C=O) groups is 2. The van der Waals surface area contributed by atoms with Crippen LogP contribution in [0.1, 0.15) is 35.7 Å². The molecular weight excluding hydrogens is 402 g/mol. The number of sulfonamides is 1. The number of hydrogen-bond donors (Lipinski definition) is 2. The van der Waals surface area contributed by atoms with E-state index in [1.54, 1.807) is 36.4 Å². The number of ketones is 1. The highest BCUT2D eigenvalue weighted by Crippen LogP contribution is 2.51. The molecule has 7 nitrogen and oxygen atoms in total. The number of nitrogens with one attached hydrogen (secondary N) is 2. The lowest BCUT2D eigenvalue weighted by Gasteiger charge is -2.35. The molecule has 0 aromatic heterocycles. The Hall–Kier alpha value is -2.55. The number of hydrogen-bond acceptors (Lipinski definition) is 5. The van der Waals surface area contributed by atoms with Gasteiger partial charge in [-0.25, -0.2) is 4.79 Å². The molecule has 1 atom stereocenters. The zero-order valence-electron chi connectivity index (χ0n) is 17.1. The SMILES string of the molecule is CC(=O)c1ccc(NC(=O)[N+]2(S(C)(=O)=O)CC3(CCNCC3)c3ccccc32)cc1. The summed E-state index contributed by atoms with van der Waals surface area (Å²) in [6, 6.07) is 13.3. The van der Waals surface area contributed by atoms with Gasteiger partial charge in [0.1, 0.15) is 6.54 Å². The van der Waals surface area contributed by atoms with E-state index in [9.17, 15) is 18.0 Å². The second-order valence-electron chi connectivity index (χ2n) is 8.24. The number of urea groups is 1. The third kappa shape index (κ3) is 3.15. The Balaban J connectivity index is 1.79. The summed E-state index contributed by atoms with van der Waals surface area (Å²) in [6.07, 6.45) is 2.68. The number of para-hydroxylation sites is 1. The van der Waals surface area contributed by atoms with Crippen molar-refractivity contribution in [3.63, 3.8) is 0 Å². The summed E-state index contributed by atoms with van der Waals surface area (Å²) < 4.78 is 25.6. The molecule has 158 valence electrons. The first-order valence-corrected chi connectivity index (χ1v) is 11.9. The van der Waals surface area contributed by atoms with Gasteiger partial charge in [-0.3, -0.25) is 10.1 Å². The number of anilines is 1. The summed E-state index contributed by atoms with van der Waals surface area (Å²) in [6.45, 7) is 3.22. The molecule has 2 aromatic rings. The summed E-state index contributed by atoms with van der Waals surface area (Å²) in [5, 5.41) is 6.12. The minimum Gasteiger partial charge on any atom is -0.317 e. The molecule has 4 rings (SSSR count). The van der Waals surface area contributed by atoms with E-state index < -0.39 is 19.9 Å². The largest absolute Gasteiger partial charge is 0.441 e. The number of Topliss-reactive ketones (excluding diaryl/α,β-unsaturated/α-hetero) is 1. The summed E-state index contributed by atoms with van der Waals surface area (Å²) in [5.74, 6) is -0.0752. The van der Waals surface area contributed by atoms with Crippen LogP contribution in [0, 0.1) is 0 Å². The third-order valence-electron chi connectivity index (χ3n) is 6.39. The van der Waals surface area contributed by atoms with Crippen LogP contribution in [0.4, 0.5) is 16.2 Å². The molecule has 8 heteroatoms. The van der Waals surface area contributed by atoms with E-state index >= 15 is 0 Å². The fourth-order valence-corrected chi connectivity index (χ4v) is 6.14. The molecule has 0 radical (unpaired) electrons. The molecule has 30 heavy (non-hydrogen) atoms. The number of benzene rings is 2. The third-order valence-corrected chi connectivity index (χ3v) is 8.01. The number of fused-ring (bicyclic) bond motifs is 2. The highest BCUT2D eigenvalue weighted by molar-refractivity contribution is 7.90. The summed E-state index contributed by atoms with van der Waals surface area (Å²) >= 11 is 0. The summed E-state index contributed by atoms with van der Waals surface area (Å²) in [4.78, 5) is 25.1. The van der Waals surface area contributed by atoms with Gasteiger partial charge in [-0.15, -0.1) is 3.89 Å². The van der Waals surface area contributed by atoms with Gasteiger partial charge in [0.2, 0.25) is 0 Å². The fourth-order valence-electron chi connectivity index (χ4n) is 4.80. The van der Waals surface area contributed by atoms with Crippen molar-refractivity contribution in [2.24, 2.45) is 0 Å². The topological polar surface area (TPSA) is 92.3 Å². The Labute approximate surface area is 176 Å². The Bertz CT molecular complexity index is 1110. The quantitative estimate of drug-likeness (QED) is 0.579. The van der Waals surface area contributed by atoms with E-state index in [4.69, 9.17) is 0 Å². The fraction of sp³-hybridized carbons (Fsp3) is 0.364. The van der Waals surface area contributed by atoms with Gasteiger partial charge in [0, 0.05) is 22.9 Å². The highest BCUT2D eigenvalue weighted by Gasteiger charge is 2.62. The van der Waals surface area contributed by atoms with E-state index in [1.165, 1.54) is 6.92 Å². The maximum absolute atomic E-state index is 13.6. The summed E-state index contributed by atoms with van der Waals surface area (Å²) in [7, 11) is -3.84. The van der Waals surface area contributed by atoms with Gasteiger partial charge >= 0.3 is 16.1 Å². The second kappa shape index (κ2) is 7.30. The lowest BCUT2D eigenvalue weighted by atomic mass is 9.75. The number of amides is 2. The monoisotopic (exact) mass is 428 g/mol. The number of rotatable bonds is 3. The van der Waals surface area contributed by atoms with Crippen LogP contribution < -0.4 is 14.5 Å². The Morgan fingerprint density at radius 2 is 1.67 bits per heavy atom. The minimum atomic E-state index is -3.84. The molecule has 1 spiro atoms. The van der Waals surface area contributed by atoms with Crippen LogP contribution in [0.15, 0.2) is 48.5 Å². The maximum atomic E-state index is 13.6. The molecule has 2 N–H and O–H groups in total. The van der Waals surface area contributed by atoms with Gasteiger partial charge in [0.25, 0.3) is 0 Å². The van der Waals surface area contributed by atoms with Crippen LogP contribution in [0.5, 0.6) is 0 Å². The first-order valence-electron chi connectivity index (χ1n) is 10.0. The first-order chi connectivity index (χ1) is 14.2. The average molecular weight is 429 g/mol. The molecule has 2 aliphatic heterocycles. The van der Waals surface area contributed by atoms with Gasteiger partial charge in [-0.2, -0.15) is 8.42 Å². The number of quaternary nitrogens is 1. The van der Waals surface area contributed by atoms with E-state index in [0.29, 0.717) is 16.9 Å². The predicted octanol–water partition coefficient (Wildman–Crippen LogP) is 3.02. The summed E-state index contributed by atoms with van der Waals surface area (Å²) in [5.41, 5.74) is 2.09. The normalized spacial score (nSPS) is 22.5. The standard InChI is InChI=1S/C22H25N3O4S/c1-16(26)17-7-9-18(10-8-17)24-21(27)25(30(2,28)29)15-22(11-13-23-14-12-22)19-5-3-4-6-20(19)25/h3-10,23H,11-15H2,1-2H3/p+1. The van der Waals surface area contributed by atoms with E-state index in [2.05, 4.69) is 10.6 Å². The van der Waals surface area contributed by atoms with Gasteiger partial charge in [-0.1, -0.05) is 18.2 Å². The van der Waals surface area contributed by atoms with E-state index in [0.717, 1.165) is 37.8 Å². The zero-order valence-corrected chi connectivity index (χ0v) is 18.0. The molecule has 1 saturated heterocycles. The van der Waals surface area contributed by atoms with E-state index in [1.807, 2.05) is 12.1 Å². The van der Waals surface area contributed by atoms with Gasteiger partial charge in [0.15, 0.2) is 11.5 Å². The van der Waals surface area contributed by atoms with Crippen molar-refractivity contribution in [3.05, 3.63) is 59.7 Å². The zero-order chi connectivity index (χ0) is 21.6. The lowest BCUT2D eigenvalue weighted by molar-refractivity contribution is 0.101. The second-order valence-corrected chi connectivity index (χ2v) is 10.3. The van der Waals surface area contributed by atoms with Crippen molar-refractivity contribution < 1.29 is 18.0 Å². The maximum Gasteiger partial charge on any atom is 0.441 e. The first kappa shape index (κ1) is 20.7. The van der Waals surface area contributed by atoms with E-state index in [-0.39, 0.29) is 17.7 Å². The molecule has 2 aliphatic rings. The van der Waals surface area contributed by atoms with Crippen LogP contribution in [-0.4, -0.2) is 46.1 Å². The van der Waals surface area contributed by atoms with Crippen molar-refractivity contribution in [3.8, 4) is 0 Å². The van der Waals surface area contributed by atoms with Crippen molar-refractivity contribution in [2.75, 3.05) is 31.2 Å². The van der Waals surface area contributed by atoms with Crippen molar-refractivity contribution in [1.82, 2.24) is 9.21 Å². The number of carbonyl (C=O) groups excluding carboxylic acids is 2. The molecule has 0 saturated carbocycles. The van der Waals surface area contributed by atoms with Crippen molar-refractivity contribution in [2.45, 2.75) is 25.2 Å². The molecule has 0 aliphatic carbocycles. The van der Waals surface area contributed by atoms with Crippen LogP contribution in [0.25, 0.3) is 0 Å². The van der Waals surface area contributed by atoms with Crippen LogP contribution in [-0.2, 0) is 15.4 Å². The molecule has 0 bridgehead atoms.